The molecule has 0 spiro atoms. The Labute approximate surface area is 205 Å². The van der Waals surface area contributed by atoms with Crippen molar-refractivity contribution in [3.63, 3.8) is 0 Å². The van der Waals surface area contributed by atoms with Gasteiger partial charge in [-0.25, -0.2) is 8.42 Å². The van der Waals surface area contributed by atoms with E-state index in [4.69, 9.17) is 23.2 Å². The van der Waals surface area contributed by atoms with E-state index in [0.717, 1.165) is 11.1 Å². The molecule has 0 saturated carbocycles. The van der Waals surface area contributed by atoms with Crippen LogP contribution in [0.1, 0.15) is 22.3 Å². The van der Waals surface area contributed by atoms with E-state index >= 15 is 0 Å². The average molecular weight is 505 g/mol. The average Bonchev–Trinajstić information content (AvgIpc) is 2.72. The number of anilines is 1. The molecule has 5 nitrogen and oxygen atoms in total. The van der Waals surface area contributed by atoms with Crippen molar-refractivity contribution >= 4 is 44.8 Å². The van der Waals surface area contributed by atoms with Gasteiger partial charge in [-0.2, -0.15) is 4.31 Å². The molecule has 0 aromatic heterocycles. The smallest absolute Gasteiger partial charge is 0.244 e. The highest BCUT2D eigenvalue weighted by Gasteiger charge is 2.29. The molecule has 0 aliphatic heterocycles. The molecule has 0 aliphatic rings. The zero-order valence-corrected chi connectivity index (χ0v) is 21.1. The predicted octanol–water partition coefficient (Wildman–Crippen LogP) is 5.79. The maximum atomic E-state index is 13.7. The lowest BCUT2D eigenvalue weighted by Gasteiger charge is -2.24. The van der Waals surface area contributed by atoms with E-state index in [-0.39, 0.29) is 23.0 Å². The van der Waals surface area contributed by atoms with Crippen LogP contribution < -0.4 is 5.32 Å². The van der Waals surface area contributed by atoms with Gasteiger partial charge >= 0.3 is 0 Å². The summed E-state index contributed by atoms with van der Waals surface area (Å²) in [7, 11) is -3.94. The molecule has 0 heterocycles. The van der Waals surface area contributed by atoms with Gasteiger partial charge in [0.05, 0.1) is 22.2 Å². The number of carbonyl (C=O) groups is 1. The van der Waals surface area contributed by atoms with Crippen LogP contribution in [-0.2, 0) is 21.2 Å². The van der Waals surface area contributed by atoms with Crippen LogP contribution in [0.2, 0.25) is 10.0 Å². The van der Waals surface area contributed by atoms with Crippen LogP contribution >= 0.6 is 23.2 Å². The SMILES string of the molecule is Cc1cc(C)c(S(=O)(=O)N(CCc2ccccc2)CC(=O)Nc2ccc(Cl)cc2Cl)c(C)c1. The second-order valence-electron chi connectivity index (χ2n) is 7.97. The minimum atomic E-state index is -3.94. The topological polar surface area (TPSA) is 66.5 Å². The monoisotopic (exact) mass is 504 g/mol. The molecule has 0 fully saturated rings. The van der Waals surface area contributed by atoms with E-state index in [1.165, 1.54) is 10.4 Å². The van der Waals surface area contributed by atoms with Gasteiger partial charge in [0.25, 0.3) is 0 Å². The lowest BCUT2D eigenvalue weighted by atomic mass is 10.1. The van der Waals surface area contributed by atoms with Crippen LogP contribution in [0, 0.1) is 20.8 Å². The highest BCUT2D eigenvalue weighted by Crippen LogP contribution is 2.27. The largest absolute Gasteiger partial charge is 0.324 e. The number of halogens is 2. The Morgan fingerprint density at radius 3 is 2.18 bits per heavy atom. The van der Waals surface area contributed by atoms with Crippen LogP contribution in [0.15, 0.2) is 65.6 Å². The molecule has 33 heavy (non-hydrogen) atoms. The first kappa shape index (κ1) is 25.2. The zero-order chi connectivity index (χ0) is 24.2. The van der Waals surface area contributed by atoms with Gasteiger partial charge < -0.3 is 5.32 Å². The van der Waals surface area contributed by atoms with E-state index in [1.54, 1.807) is 26.0 Å². The number of hydrogen-bond acceptors (Lipinski definition) is 3. The van der Waals surface area contributed by atoms with Crippen LogP contribution in [-0.4, -0.2) is 31.7 Å². The molecule has 0 saturated heterocycles. The van der Waals surface area contributed by atoms with Crippen molar-refractivity contribution in [1.82, 2.24) is 4.31 Å². The number of amides is 1. The molecule has 3 rings (SSSR count). The number of nitrogens with zero attached hydrogens (tertiary/aromatic N) is 1. The van der Waals surface area contributed by atoms with Gasteiger partial charge in [0.1, 0.15) is 0 Å². The fraction of sp³-hybridized carbons (Fsp3) is 0.240. The van der Waals surface area contributed by atoms with Crippen LogP contribution in [0.3, 0.4) is 0 Å². The summed E-state index contributed by atoms with van der Waals surface area (Å²) in [6.45, 7) is 5.28. The predicted molar refractivity (Wildman–Crippen MR) is 135 cm³/mol. The number of aryl methyl sites for hydroxylation is 3. The second-order valence-corrected chi connectivity index (χ2v) is 10.7. The third-order valence-corrected chi connectivity index (χ3v) is 7.92. The molecule has 3 aromatic carbocycles. The Hall–Kier alpha value is -2.38. The summed E-state index contributed by atoms with van der Waals surface area (Å²) < 4.78 is 28.6. The Kier molecular flexibility index (Phi) is 8.19. The molecule has 0 aliphatic carbocycles. The molecule has 0 atom stereocenters. The Bertz CT molecular complexity index is 1240. The molecule has 0 radical (unpaired) electrons. The molecule has 1 N–H and O–H groups in total. The highest BCUT2D eigenvalue weighted by molar-refractivity contribution is 7.89. The summed E-state index contributed by atoms with van der Waals surface area (Å²) in [5, 5.41) is 3.41. The summed E-state index contributed by atoms with van der Waals surface area (Å²) in [5.74, 6) is -0.488. The summed E-state index contributed by atoms with van der Waals surface area (Å²) in [4.78, 5) is 13.1. The molecular weight excluding hydrogens is 479 g/mol. The van der Waals surface area contributed by atoms with Gasteiger partial charge in [-0.15, -0.1) is 0 Å². The minimum absolute atomic E-state index is 0.154. The Balaban J connectivity index is 1.91. The number of sulfonamides is 1. The summed E-state index contributed by atoms with van der Waals surface area (Å²) in [5.41, 5.74) is 3.64. The van der Waals surface area contributed by atoms with Crippen molar-refractivity contribution in [3.05, 3.63) is 93.0 Å². The fourth-order valence-electron chi connectivity index (χ4n) is 3.83. The van der Waals surface area contributed by atoms with E-state index in [1.807, 2.05) is 49.4 Å². The second kappa shape index (κ2) is 10.7. The van der Waals surface area contributed by atoms with Gasteiger partial charge in [0.15, 0.2) is 0 Å². The molecule has 0 bridgehead atoms. The van der Waals surface area contributed by atoms with Crippen LogP contribution in [0.5, 0.6) is 0 Å². The molecule has 0 unspecified atom stereocenters. The number of nitrogens with one attached hydrogen (secondary N) is 1. The minimum Gasteiger partial charge on any atom is -0.324 e. The van der Waals surface area contributed by atoms with Crippen LogP contribution in [0.4, 0.5) is 5.69 Å². The normalized spacial score (nSPS) is 11.6. The maximum absolute atomic E-state index is 13.7. The van der Waals surface area contributed by atoms with Gasteiger partial charge in [-0.05, 0) is 62.1 Å². The third kappa shape index (κ3) is 6.36. The van der Waals surface area contributed by atoms with E-state index in [0.29, 0.717) is 28.3 Å². The van der Waals surface area contributed by atoms with Crippen LogP contribution in [0.25, 0.3) is 0 Å². The van der Waals surface area contributed by atoms with Gasteiger partial charge in [0, 0.05) is 11.6 Å². The number of rotatable bonds is 8. The first-order chi connectivity index (χ1) is 15.6. The molecule has 8 heteroatoms. The Morgan fingerprint density at radius 1 is 0.939 bits per heavy atom. The summed E-state index contributed by atoms with van der Waals surface area (Å²) in [6, 6.07) is 17.9. The number of benzene rings is 3. The first-order valence-corrected chi connectivity index (χ1v) is 12.6. The molecule has 1 amide bonds. The standard InChI is InChI=1S/C25H26Cl2N2O3S/c1-17-13-18(2)25(19(3)14-17)33(31,32)29(12-11-20-7-5-4-6-8-20)16-24(30)28-23-10-9-21(26)15-22(23)27/h4-10,13-15H,11-12,16H2,1-3H3,(H,28,30). The lowest BCUT2D eigenvalue weighted by molar-refractivity contribution is -0.116. The van der Waals surface area contributed by atoms with E-state index in [2.05, 4.69) is 5.32 Å². The fourth-order valence-corrected chi connectivity index (χ4v) is 6.09. The molecular formula is C25H26Cl2N2O3S. The lowest BCUT2D eigenvalue weighted by Crippen LogP contribution is -2.40. The van der Waals surface area contributed by atoms with Crippen molar-refractivity contribution < 1.29 is 13.2 Å². The number of carbonyl (C=O) groups excluding carboxylic acids is 1. The molecule has 3 aromatic rings. The van der Waals surface area contributed by atoms with Crippen molar-refractivity contribution in [3.8, 4) is 0 Å². The summed E-state index contributed by atoms with van der Waals surface area (Å²) in [6.07, 6.45) is 0.471. The van der Waals surface area contributed by atoms with Crippen molar-refractivity contribution in [1.29, 1.82) is 0 Å². The molecule has 174 valence electrons. The maximum Gasteiger partial charge on any atom is 0.244 e. The first-order valence-electron chi connectivity index (χ1n) is 10.4. The van der Waals surface area contributed by atoms with Crippen molar-refractivity contribution in [2.24, 2.45) is 0 Å². The number of hydrogen-bond donors (Lipinski definition) is 1. The van der Waals surface area contributed by atoms with Gasteiger partial charge in [0.2, 0.25) is 15.9 Å². The van der Waals surface area contributed by atoms with Gasteiger partial charge in [-0.1, -0.05) is 71.2 Å². The Morgan fingerprint density at radius 2 is 1.58 bits per heavy atom. The van der Waals surface area contributed by atoms with Gasteiger partial charge in [-0.3, -0.25) is 4.79 Å². The highest BCUT2D eigenvalue weighted by atomic mass is 35.5. The quantitative estimate of drug-likeness (QED) is 0.422. The zero-order valence-electron chi connectivity index (χ0n) is 18.7. The van der Waals surface area contributed by atoms with Crippen molar-refractivity contribution in [2.75, 3.05) is 18.4 Å². The summed E-state index contributed by atoms with van der Waals surface area (Å²) >= 11 is 12.1. The van der Waals surface area contributed by atoms with Crippen molar-refractivity contribution in [2.45, 2.75) is 32.1 Å². The van der Waals surface area contributed by atoms with E-state index < -0.39 is 15.9 Å². The van der Waals surface area contributed by atoms with E-state index in [9.17, 15) is 13.2 Å². The third-order valence-electron chi connectivity index (χ3n) is 5.22.